The average Bonchev–Trinajstić information content (AvgIpc) is 1.87. The number of rotatable bonds is 5. The lowest BCUT2D eigenvalue weighted by Gasteiger charge is -1.96. The Morgan fingerprint density at radius 2 is 2.20 bits per heavy atom. The Morgan fingerprint density at radius 3 is 2.70 bits per heavy atom. The molecule has 0 aromatic heterocycles. The smallest absolute Gasteiger partial charge is 0.0404 e. The molecule has 10 heavy (non-hydrogen) atoms. The van der Waals surface area contributed by atoms with E-state index in [9.17, 15) is 0 Å². The zero-order valence-electron chi connectivity index (χ0n) is 5.74. The summed E-state index contributed by atoms with van der Waals surface area (Å²) in [6.07, 6.45) is 3.83. The maximum absolute atomic E-state index is 5.48. The quantitative estimate of drug-likeness (QED) is 0.388. The van der Waals surface area contributed by atoms with E-state index in [0.717, 1.165) is 6.54 Å². The highest BCUT2D eigenvalue weighted by Crippen LogP contribution is 1.91. The predicted molar refractivity (Wildman–Crippen MR) is 47.7 cm³/mol. The Labute approximate surface area is 71.7 Å². The Morgan fingerprint density at radius 1 is 1.50 bits per heavy atom. The van der Waals surface area contributed by atoms with Crippen molar-refractivity contribution in [3.05, 3.63) is 23.8 Å². The fourth-order valence-electron chi connectivity index (χ4n) is 0.437. The lowest BCUT2D eigenvalue weighted by molar-refractivity contribution is 0.836. The fraction of sp³-hybridized carbons (Fsp3) is 0.429. The Kier molecular flexibility index (Phi) is 7.15. The third-order valence-corrected chi connectivity index (χ3v) is 1.15. The number of allylic oxidation sites excluding steroid dienone is 1. The molecule has 0 atom stereocenters. The molecule has 1 nitrogen and oxygen atoms in total. The molecule has 0 aliphatic heterocycles. The number of alkyl halides is 1. The number of halogens is 2. The van der Waals surface area contributed by atoms with Crippen LogP contribution in [-0.4, -0.2) is 19.0 Å². The van der Waals surface area contributed by atoms with Gasteiger partial charge in [-0.15, -0.1) is 11.6 Å². The van der Waals surface area contributed by atoms with Gasteiger partial charge in [-0.3, -0.25) is 0 Å². The molecule has 0 bridgehead atoms. The summed E-state index contributed by atoms with van der Waals surface area (Å²) >= 11 is 10.9. The van der Waals surface area contributed by atoms with Crippen molar-refractivity contribution in [2.75, 3.05) is 19.0 Å². The van der Waals surface area contributed by atoms with Crippen LogP contribution < -0.4 is 5.32 Å². The lowest BCUT2D eigenvalue weighted by Crippen LogP contribution is -2.14. The summed E-state index contributed by atoms with van der Waals surface area (Å²) in [7, 11) is 0. The minimum atomic E-state index is 0.559. The van der Waals surface area contributed by atoms with Crippen molar-refractivity contribution in [1.82, 2.24) is 5.32 Å². The van der Waals surface area contributed by atoms with Crippen LogP contribution in [0.15, 0.2) is 23.8 Å². The summed E-state index contributed by atoms with van der Waals surface area (Å²) in [6.45, 7) is 4.96. The van der Waals surface area contributed by atoms with E-state index in [1.54, 1.807) is 0 Å². The monoisotopic (exact) mass is 179 g/mol. The summed E-state index contributed by atoms with van der Waals surface area (Å²) in [5.41, 5.74) is 0. The van der Waals surface area contributed by atoms with Crippen molar-refractivity contribution in [2.45, 2.75) is 0 Å². The van der Waals surface area contributed by atoms with Gasteiger partial charge >= 0.3 is 0 Å². The molecule has 0 aromatic carbocycles. The summed E-state index contributed by atoms with van der Waals surface area (Å²) in [5.74, 6) is 0.559. The van der Waals surface area contributed by atoms with Gasteiger partial charge in [0.2, 0.25) is 0 Å². The molecule has 0 spiro atoms. The van der Waals surface area contributed by atoms with Crippen LogP contribution in [0.3, 0.4) is 0 Å². The molecule has 0 aliphatic rings. The SMILES string of the molecule is C=C(Cl)CNC/C=C/CCl. The molecule has 0 rings (SSSR count). The molecule has 0 saturated carbocycles. The minimum Gasteiger partial charge on any atom is -0.308 e. The minimum absolute atomic E-state index is 0.559. The molecule has 1 N–H and O–H groups in total. The molecule has 0 unspecified atom stereocenters. The molecule has 3 heteroatoms. The molecule has 0 fully saturated rings. The van der Waals surface area contributed by atoms with E-state index in [-0.39, 0.29) is 0 Å². The fourth-order valence-corrected chi connectivity index (χ4v) is 0.658. The molecular formula is C7H11Cl2N. The van der Waals surface area contributed by atoms with Crippen LogP contribution in [0.5, 0.6) is 0 Å². The highest BCUT2D eigenvalue weighted by molar-refractivity contribution is 6.29. The summed E-state index contributed by atoms with van der Waals surface area (Å²) in [4.78, 5) is 0. The summed E-state index contributed by atoms with van der Waals surface area (Å²) in [6, 6.07) is 0. The first kappa shape index (κ1) is 10.0. The van der Waals surface area contributed by atoms with Crippen LogP contribution in [0.4, 0.5) is 0 Å². The Bertz CT molecular complexity index is 121. The highest BCUT2D eigenvalue weighted by Gasteiger charge is 1.83. The van der Waals surface area contributed by atoms with Crippen LogP contribution in [0, 0.1) is 0 Å². The van der Waals surface area contributed by atoms with Crippen LogP contribution >= 0.6 is 23.2 Å². The third kappa shape index (κ3) is 8.02. The predicted octanol–water partition coefficient (Wildman–Crippen LogP) is 2.12. The first-order chi connectivity index (χ1) is 4.77. The van der Waals surface area contributed by atoms with E-state index in [1.165, 1.54) is 0 Å². The van der Waals surface area contributed by atoms with Gasteiger partial charge in [0.05, 0.1) is 0 Å². The van der Waals surface area contributed by atoms with Gasteiger partial charge in [0, 0.05) is 24.0 Å². The van der Waals surface area contributed by atoms with Gasteiger partial charge < -0.3 is 5.32 Å². The van der Waals surface area contributed by atoms with Crippen molar-refractivity contribution in [2.24, 2.45) is 0 Å². The van der Waals surface area contributed by atoms with E-state index < -0.39 is 0 Å². The zero-order chi connectivity index (χ0) is 7.82. The maximum Gasteiger partial charge on any atom is 0.0404 e. The average molecular weight is 180 g/mol. The summed E-state index contributed by atoms with van der Waals surface area (Å²) < 4.78 is 0. The normalized spacial score (nSPS) is 10.6. The molecule has 58 valence electrons. The highest BCUT2D eigenvalue weighted by atomic mass is 35.5. The molecule has 0 saturated heterocycles. The first-order valence-electron chi connectivity index (χ1n) is 3.02. The molecule has 0 radical (unpaired) electrons. The van der Waals surface area contributed by atoms with Gasteiger partial charge in [0.25, 0.3) is 0 Å². The van der Waals surface area contributed by atoms with Crippen molar-refractivity contribution in [3.63, 3.8) is 0 Å². The van der Waals surface area contributed by atoms with Gasteiger partial charge in [-0.2, -0.15) is 0 Å². The largest absolute Gasteiger partial charge is 0.308 e. The third-order valence-electron chi connectivity index (χ3n) is 0.835. The van der Waals surface area contributed by atoms with Crippen molar-refractivity contribution >= 4 is 23.2 Å². The van der Waals surface area contributed by atoms with E-state index in [4.69, 9.17) is 23.2 Å². The number of nitrogens with one attached hydrogen (secondary N) is 1. The second-order valence-electron chi connectivity index (χ2n) is 1.77. The first-order valence-corrected chi connectivity index (χ1v) is 3.93. The van der Waals surface area contributed by atoms with E-state index >= 15 is 0 Å². The molecule has 0 aromatic rings. The molecular weight excluding hydrogens is 169 g/mol. The second kappa shape index (κ2) is 7.13. The second-order valence-corrected chi connectivity index (χ2v) is 2.62. The topological polar surface area (TPSA) is 12.0 Å². The van der Waals surface area contributed by atoms with Gasteiger partial charge in [-0.1, -0.05) is 30.3 Å². The van der Waals surface area contributed by atoms with E-state index in [0.29, 0.717) is 17.5 Å². The van der Waals surface area contributed by atoms with Crippen LogP contribution in [-0.2, 0) is 0 Å². The lowest BCUT2D eigenvalue weighted by atomic mass is 10.5. The molecule has 0 aliphatic carbocycles. The molecule has 0 amide bonds. The van der Waals surface area contributed by atoms with Crippen molar-refractivity contribution in [1.29, 1.82) is 0 Å². The van der Waals surface area contributed by atoms with Crippen LogP contribution in [0.25, 0.3) is 0 Å². The van der Waals surface area contributed by atoms with Crippen molar-refractivity contribution < 1.29 is 0 Å². The standard InChI is InChI=1S/C7H11Cl2N/c1-7(9)6-10-5-3-2-4-8/h2-3,10H,1,4-6H2/b3-2+. The number of hydrogen-bond acceptors (Lipinski definition) is 1. The van der Waals surface area contributed by atoms with Gasteiger partial charge in [0.15, 0.2) is 0 Å². The van der Waals surface area contributed by atoms with Crippen LogP contribution in [0.1, 0.15) is 0 Å². The van der Waals surface area contributed by atoms with Gasteiger partial charge in [-0.25, -0.2) is 0 Å². The molecule has 0 heterocycles. The van der Waals surface area contributed by atoms with Gasteiger partial charge in [0.1, 0.15) is 0 Å². The Hall–Kier alpha value is 0.0200. The Balaban J connectivity index is 3.05. The number of hydrogen-bond donors (Lipinski definition) is 1. The van der Waals surface area contributed by atoms with E-state index in [2.05, 4.69) is 11.9 Å². The van der Waals surface area contributed by atoms with E-state index in [1.807, 2.05) is 12.2 Å². The summed E-state index contributed by atoms with van der Waals surface area (Å²) in [5, 5.41) is 3.67. The zero-order valence-corrected chi connectivity index (χ0v) is 7.25. The van der Waals surface area contributed by atoms with Gasteiger partial charge in [-0.05, 0) is 0 Å². The maximum atomic E-state index is 5.48. The van der Waals surface area contributed by atoms with Crippen LogP contribution in [0.2, 0.25) is 0 Å². The van der Waals surface area contributed by atoms with Crippen molar-refractivity contribution in [3.8, 4) is 0 Å².